The fourth-order valence-corrected chi connectivity index (χ4v) is 1.89. The van der Waals surface area contributed by atoms with Gasteiger partial charge in [-0.05, 0) is 5.57 Å². The topological polar surface area (TPSA) is 110 Å². The summed E-state index contributed by atoms with van der Waals surface area (Å²) in [5.74, 6) is -0.503. The van der Waals surface area contributed by atoms with Crippen LogP contribution in [0.2, 0.25) is 0 Å². The molecule has 94 valence electrons. The molecular weight excluding hydrogens is 241 g/mol. The number of hydrogen-bond acceptors (Lipinski definition) is 5. The van der Waals surface area contributed by atoms with Crippen molar-refractivity contribution in [1.29, 1.82) is 0 Å². The quantitative estimate of drug-likeness (QED) is 0.666. The number of aliphatic hydroxyl groups excluding tert-OH is 1. The highest BCUT2D eigenvalue weighted by molar-refractivity contribution is 5.74. The lowest BCUT2D eigenvalue weighted by Crippen LogP contribution is -2.12. The number of hydrogen-bond donors (Lipinski definition) is 3. The largest absolute Gasteiger partial charge is 0.396 e. The van der Waals surface area contributed by atoms with Gasteiger partial charge in [0.05, 0.1) is 6.61 Å². The maximum atomic E-state index is 13.2. The number of aromatic nitrogens is 4. The number of halogens is 1. The SMILES string of the molecule is Nc1nc2ncn(/C=C3/[C@@H](F)[C@@H]3CO)c2c(=O)[nH]1. The first-order chi connectivity index (χ1) is 8.61. The van der Waals surface area contributed by atoms with E-state index in [0.29, 0.717) is 5.57 Å². The van der Waals surface area contributed by atoms with Crippen LogP contribution in [0.25, 0.3) is 17.4 Å². The zero-order valence-corrected chi connectivity index (χ0v) is 9.17. The van der Waals surface area contributed by atoms with Crippen LogP contribution >= 0.6 is 0 Å². The van der Waals surface area contributed by atoms with E-state index >= 15 is 0 Å². The van der Waals surface area contributed by atoms with Crippen LogP contribution < -0.4 is 11.3 Å². The Morgan fingerprint density at radius 3 is 3.11 bits per heavy atom. The van der Waals surface area contributed by atoms with Crippen molar-refractivity contribution in [3.63, 3.8) is 0 Å². The summed E-state index contributed by atoms with van der Waals surface area (Å²) < 4.78 is 14.6. The van der Waals surface area contributed by atoms with Gasteiger partial charge in [-0.15, -0.1) is 0 Å². The molecule has 2 heterocycles. The van der Waals surface area contributed by atoms with E-state index in [0.717, 1.165) is 0 Å². The second-order valence-electron chi connectivity index (χ2n) is 4.10. The molecule has 1 saturated carbocycles. The van der Waals surface area contributed by atoms with Gasteiger partial charge in [0.2, 0.25) is 5.95 Å². The Bertz CT molecular complexity index is 704. The van der Waals surface area contributed by atoms with E-state index in [1.807, 2.05) is 0 Å². The van der Waals surface area contributed by atoms with Gasteiger partial charge in [-0.2, -0.15) is 4.98 Å². The Balaban J connectivity index is 2.12. The number of anilines is 1. The number of aliphatic hydroxyl groups is 1. The normalized spacial score (nSPS) is 24.9. The Hall–Kier alpha value is -2.22. The molecule has 18 heavy (non-hydrogen) atoms. The monoisotopic (exact) mass is 251 g/mol. The molecule has 1 aliphatic carbocycles. The van der Waals surface area contributed by atoms with E-state index in [4.69, 9.17) is 10.8 Å². The molecule has 1 fully saturated rings. The Labute approximate surface area is 99.8 Å². The predicted octanol–water partition coefficient (Wildman–Crippen LogP) is -0.497. The summed E-state index contributed by atoms with van der Waals surface area (Å²) in [4.78, 5) is 21.8. The van der Waals surface area contributed by atoms with Gasteiger partial charge in [0.25, 0.3) is 5.56 Å². The molecule has 0 saturated heterocycles. The molecule has 0 radical (unpaired) electrons. The van der Waals surface area contributed by atoms with Crippen LogP contribution in [0.1, 0.15) is 0 Å². The standard InChI is InChI=1S/C10H10FN5O2/c11-6-4(5(6)2-17)1-16-3-13-8-7(16)9(18)15-10(12)14-8/h1,3,5-6,17H,2H2,(H3,12,14,15,18)/b4-1+/t5-,6-/m1/s1. The van der Waals surface area contributed by atoms with Gasteiger partial charge in [-0.3, -0.25) is 14.3 Å². The molecule has 3 rings (SSSR count). The second-order valence-corrected chi connectivity index (χ2v) is 4.10. The highest BCUT2D eigenvalue weighted by Crippen LogP contribution is 2.41. The zero-order chi connectivity index (χ0) is 12.9. The number of alkyl halides is 1. The van der Waals surface area contributed by atoms with E-state index in [-0.39, 0.29) is 23.7 Å². The Morgan fingerprint density at radius 1 is 1.67 bits per heavy atom. The maximum Gasteiger partial charge on any atom is 0.278 e. The number of aromatic amines is 1. The number of nitrogens with one attached hydrogen (secondary N) is 1. The number of imidazole rings is 1. The lowest BCUT2D eigenvalue weighted by Gasteiger charge is -1.95. The summed E-state index contributed by atoms with van der Waals surface area (Å²) >= 11 is 0. The summed E-state index contributed by atoms with van der Waals surface area (Å²) in [6.07, 6.45) is 1.65. The van der Waals surface area contributed by atoms with Crippen molar-refractivity contribution in [2.45, 2.75) is 6.17 Å². The third-order valence-corrected chi connectivity index (χ3v) is 2.93. The summed E-state index contributed by atoms with van der Waals surface area (Å²) in [5.41, 5.74) is 5.79. The number of nitrogen functional groups attached to an aromatic ring is 1. The smallest absolute Gasteiger partial charge is 0.278 e. The molecule has 0 bridgehead atoms. The molecule has 0 aromatic carbocycles. The fourth-order valence-electron chi connectivity index (χ4n) is 1.89. The van der Waals surface area contributed by atoms with Crippen LogP contribution in [0.3, 0.4) is 0 Å². The molecule has 2 atom stereocenters. The van der Waals surface area contributed by atoms with Crippen LogP contribution in [-0.4, -0.2) is 37.4 Å². The fraction of sp³-hybridized carbons (Fsp3) is 0.300. The van der Waals surface area contributed by atoms with Crippen molar-refractivity contribution >= 4 is 23.3 Å². The molecule has 2 aromatic heterocycles. The molecule has 0 aliphatic heterocycles. The Kier molecular flexibility index (Phi) is 2.20. The molecule has 0 amide bonds. The van der Waals surface area contributed by atoms with Gasteiger partial charge < -0.3 is 10.8 Å². The number of fused-ring (bicyclic) bond motifs is 1. The average Bonchev–Trinajstić information content (AvgIpc) is 2.74. The number of rotatable bonds is 2. The minimum Gasteiger partial charge on any atom is -0.396 e. The molecule has 4 N–H and O–H groups in total. The van der Waals surface area contributed by atoms with Crippen molar-refractivity contribution in [1.82, 2.24) is 19.5 Å². The minimum absolute atomic E-state index is 0.0200. The van der Waals surface area contributed by atoms with Crippen molar-refractivity contribution in [3.8, 4) is 0 Å². The molecule has 7 nitrogen and oxygen atoms in total. The Morgan fingerprint density at radius 2 is 2.44 bits per heavy atom. The molecule has 8 heteroatoms. The van der Waals surface area contributed by atoms with Gasteiger partial charge in [0.1, 0.15) is 12.5 Å². The molecule has 0 spiro atoms. The van der Waals surface area contributed by atoms with Crippen molar-refractivity contribution in [3.05, 3.63) is 22.3 Å². The van der Waals surface area contributed by atoms with Gasteiger partial charge in [0.15, 0.2) is 11.2 Å². The summed E-state index contributed by atoms with van der Waals surface area (Å²) in [6.45, 7) is -0.249. The second kappa shape index (κ2) is 3.64. The van der Waals surface area contributed by atoms with Crippen LogP contribution in [-0.2, 0) is 0 Å². The van der Waals surface area contributed by atoms with E-state index in [1.54, 1.807) is 0 Å². The third kappa shape index (κ3) is 1.50. The summed E-state index contributed by atoms with van der Waals surface area (Å²) in [5, 5.41) is 8.88. The minimum atomic E-state index is -1.16. The van der Waals surface area contributed by atoms with Crippen molar-refractivity contribution in [2.24, 2.45) is 5.92 Å². The lowest BCUT2D eigenvalue weighted by atomic mass is 10.4. The predicted molar refractivity (Wildman–Crippen MR) is 62.3 cm³/mol. The molecule has 1 aliphatic rings. The third-order valence-electron chi connectivity index (χ3n) is 2.93. The van der Waals surface area contributed by atoms with E-state index in [2.05, 4.69) is 15.0 Å². The molecular formula is C10H10FN5O2. The van der Waals surface area contributed by atoms with Gasteiger partial charge in [0, 0.05) is 12.1 Å². The highest BCUT2D eigenvalue weighted by atomic mass is 19.1. The van der Waals surface area contributed by atoms with Crippen molar-refractivity contribution in [2.75, 3.05) is 12.3 Å². The van der Waals surface area contributed by atoms with Crippen LogP contribution in [0.15, 0.2) is 16.7 Å². The highest BCUT2D eigenvalue weighted by Gasteiger charge is 2.44. The number of nitrogens with two attached hydrogens (primary N) is 1. The molecule has 0 unspecified atom stereocenters. The first-order valence-electron chi connectivity index (χ1n) is 5.30. The summed E-state index contributed by atoms with van der Waals surface area (Å²) in [6, 6.07) is 0. The summed E-state index contributed by atoms with van der Waals surface area (Å²) in [7, 11) is 0. The first-order valence-corrected chi connectivity index (χ1v) is 5.30. The van der Waals surface area contributed by atoms with Gasteiger partial charge in [-0.1, -0.05) is 0 Å². The number of nitrogens with zero attached hydrogens (tertiary/aromatic N) is 3. The first kappa shape index (κ1) is 10.9. The van der Waals surface area contributed by atoms with Crippen LogP contribution in [0.5, 0.6) is 0 Å². The van der Waals surface area contributed by atoms with Crippen LogP contribution in [0, 0.1) is 5.92 Å². The van der Waals surface area contributed by atoms with Crippen LogP contribution in [0.4, 0.5) is 10.3 Å². The van der Waals surface area contributed by atoms with E-state index < -0.39 is 17.6 Å². The number of H-pyrrole nitrogens is 1. The zero-order valence-electron chi connectivity index (χ0n) is 9.17. The van der Waals surface area contributed by atoms with Gasteiger partial charge in [-0.25, -0.2) is 9.37 Å². The van der Waals surface area contributed by atoms with E-state index in [1.165, 1.54) is 17.1 Å². The molecule has 2 aromatic rings. The van der Waals surface area contributed by atoms with Gasteiger partial charge >= 0.3 is 0 Å². The lowest BCUT2D eigenvalue weighted by molar-refractivity contribution is 0.259. The maximum absolute atomic E-state index is 13.2. The van der Waals surface area contributed by atoms with E-state index in [9.17, 15) is 9.18 Å². The average molecular weight is 251 g/mol. The van der Waals surface area contributed by atoms with Crippen molar-refractivity contribution < 1.29 is 9.50 Å².